The summed E-state index contributed by atoms with van der Waals surface area (Å²) in [5.41, 5.74) is 17.1. The van der Waals surface area contributed by atoms with Gasteiger partial charge in [0.2, 0.25) is 0 Å². The van der Waals surface area contributed by atoms with Gasteiger partial charge in [0, 0.05) is 19.5 Å². The van der Waals surface area contributed by atoms with E-state index in [4.69, 9.17) is 9.97 Å². The molecule has 1 aliphatic carbocycles. The fourth-order valence-corrected chi connectivity index (χ4v) is 8.81. The van der Waals surface area contributed by atoms with E-state index in [-0.39, 0.29) is 5.41 Å². The molecule has 4 nitrogen and oxygen atoms in total. The summed E-state index contributed by atoms with van der Waals surface area (Å²) in [6.07, 6.45) is 0. The van der Waals surface area contributed by atoms with Gasteiger partial charge >= 0.3 is 0 Å². The van der Waals surface area contributed by atoms with Crippen molar-refractivity contribution in [3.05, 3.63) is 144 Å². The number of aryl methyl sites for hydroxylation is 4. The van der Waals surface area contributed by atoms with Gasteiger partial charge in [0.1, 0.15) is 11.6 Å². The zero-order chi connectivity index (χ0) is 34.8. The largest absolute Gasteiger partial charge is 0.331 e. The van der Waals surface area contributed by atoms with Crippen LogP contribution in [-0.4, -0.2) is 19.1 Å². The minimum Gasteiger partial charge on any atom is -0.331 e. The molecule has 246 valence electrons. The minimum atomic E-state index is -0.0444. The van der Waals surface area contributed by atoms with Gasteiger partial charge in [-0.25, -0.2) is 9.97 Å². The lowest BCUT2D eigenvalue weighted by molar-refractivity contribution is 0.660. The van der Waals surface area contributed by atoms with Gasteiger partial charge in [-0.2, -0.15) is 0 Å². The Bertz CT molecular complexity index is 2790. The first kappa shape index (κ1) is 29.9. The molecule has 4 heteroatoms. The van der Waals surface area contributed by atoms with Crippen molar-refractivity contribution in [1.29, 1.82) is 0 Å². The van der Waals surface area contributed by atoms with Crippen LogP contribution in [0.5, 0.6) is 0 Å². The fraction of sp³-hybridized carbons (Fsp3) is 0.149. The lowest BCUT2D eigenvalue weighted by Gasteiger charge is -2.22. The van der Waals surface area contributed by atoms with E-state index in [0.29, 0.717) is 0 Å². The summed E-state index contributed by atoms with van der Waals surface area (Å²) in [6, 6.07) is 45.5. The second-order valence-electron chi connectivity index (χ2n) is 14.8. The highest BCUT2D eigenvalue weighted by molar-refractivity contribution is 6.19. The van der Waals surface area contributed by atoms with Crippen molar-refractivity contribution >= 4 is 43.6 Å². The number of aromatic nitrogens is 4. The van der Waals surface area contributed by atoms with Gasteiger partial charge in [-0.15, -0.1) is 0 Å². The zero-order valence-corrected chi connectivity index (χ0v) is 29.8. The molecule has 0 spiro atoms. The van der Waals surface area contributed by atoms with E-state index in [9.17, 15) is 0 Å². The van der Waals surface area contributed by atoms with Crippen molar-refractivity contribution in [2.45, 2.75) is 33.1 Å². The fourth-order valence-electron chi connectivity index (χ4n) is 8.81. The molecule has 0 bridgehead atoms. The number of benzene rings is 7. The Balaban J connectivity index is 1.30. The smallest absolute Gasteiger partial charge is 0.106 e. The first-order chi connectivity index (χ1) is 24.7. The maximum Gasteiger partial charge on any atom is 0.106 e. The zero-order valence-electron chi connectivity index (χ0n) is 29.8. The van der Waals surface area contributed by atoms with Crippen molar-refractivity contribution in [3.63, 3.8) is 0 Å². The molecule has 0 amide bonds. The summed E-state index contributed by atoms with van der Waals surface area (Å²) >= 11 is 0. The van der Waals surface area contributed by atoms with Gasteiger partial charge in [-0.1, -0.05) is 98.8 Å². The Hall–Kier alpha value is -6.00. The molecule has 0 unspecified atom stereocenters. The monoisotopic (exact) mass is 658 g/mol. The van der Waals surface area contributed by atoms with Crippen LogP contribution in [0, 0.1) is 13.8 Å². The molecule has 10 rings (SSSR count). The van der Waals surface area contributed by atoms with Crippen LogP contribution in [0.3, 0.4) is 0 Å². The van der Waals surface area contributed by atoms with E-state index >= 15 is 0 Å². The predicted octanol–water partition coefficient (Wildman–Crippen LogP) is 11.7. The quantitative estimate of drug-likeness (QED) is 0.177. The van der Waals surface area contributed by atoms with Crippen LogP contribution in [-0.2, 0) is 19.5 Å². The molecule has 2 aromatic heterocycles. The predicted molar refractivity (Wildman–Crippen MR) is 213 cm³/mol. The van der Waals surface area contributed by atoms with Gasteiger partial charge in [-0.3, -0.25) is 0 Å². The summed E-state index contributed by atoms with van der Waals surface area (Å²) < 4.78 is 4.37. The van der Waals surface area contributed by atoms with Gasteiger partial charge in [0.15, 0.2) is 0 Å². The Morgan fingerprint density at radius 1 is 0.451 bits per heavy atom. The van der Waals surface area contributed by atoms with Crippen molar-refractivity contribution in [2.75, 3.05) is 0 Å². The maximum absolute atomic E-state index is 4.79. The van der Waals surface area contributed by atoms with Crippen LogP contribution in [0.15, 0.2) is 121 Å². The van der Waals surface area contributed by atoms with Gasteiger partial charge in [0.25, 0.3) is 0 Å². The Labute approximate surface area is 297 Å². The molecule has 0 saturated heterocycles. The number of fused-ring (bicyclic) bond motifs is 7. The molecule has 0 saturated carbocycles. The number of nitrogens with zero attached hydrogens (tertiary/aromatic N) is 4. The van der Waals surface area contributed by atoms with Crippen LogP contribution in [0.2, 0.25) is 0 Å². The number of hydrogen-bond acceptors (Lipinski definition) is 2. The van der Waals surface area contributed by atoms with Crippen molar-refractivity contribution in [3.8, 4) is 44.5 Å². The maximum atomic E-state index is 4.79. The minimum absolute atomic E-state index is 0.0444. The molecule has 0 radical (unpaired) electrons. The van der Waals surface area contributed by atoms with Crippen molar-refractivity contribution in [2.24, 2.45) is 14.1 Å². The second kappa shape index (κ2) is 10.5. The van der Waals surface area contributed by atoms with E-state index in [1.165, 1.54) is 77.2 Å². The van der Waals surface area contributed by atoms with E-state index in [0.717, 1.165) is 33.7 Å². The summed E-state index contributed by atoms with van der Waals surface area (Å²) in [7, 11) is 4.20. The third-order valence-corrected chi connectivity index (χ3v) is 11.7. The molecule has 2 heterocycles. The molecule has 1 aliphatic rings. The van der Waals surface area contributed by atoms with Gasteiger partial charge in [0.05, 0.1) is 22.1 Å². The van der Waals surface area contributed by atoms with E-state index in [1.807, 2.05) is 0 Å². The Morgan fingerprint density at radius 3 is 1.55 bits per heavy atom. The van der Waals surface area contributed by atoms with Crippen LogP contribution in [0.25, 0.3) is 88.1 Å². The highest BCUT2D eigenvalue weighted by Gasteiger charge is 2.35. The van der Waals surface area contributed by atoms with Crippen molar-refractivity contribution < 1.29 is 0 Å². The highest BCUT2D eigenvalue weighted by Crippen LogP contribution is 2.51. The van der Waals surface area contributed by atoms with E-state index < -0.39 is 0 Å². The van der Waals surface area contributed by atoms with E-state index in [2.05, 4.69) is 172 Å². The molecular formula is C47H38N4. The first-order valence-electron chi connectivity index (χ1n) is 17.8. The summed E-state index contributed by atoms with van der Waals surface area (Å²) in [5, 5.41) is 4.98. The molecule has 9 aromatic rings. The standard InChI is InChI=1S/C47H38N4/c1-27-48-42-21-18-29(24-44(42)50(27)5)32-12-9-14-35-37(32)26-38-33(30-19-22-43-45(25-30)51(6)28(2)49-43)13-10-15-36(38)46(35)31-17-20-41-39(23-31)34-11-7-8-16-40(34)47(41,3)4/h7-26H,1-6H3. The van der Waals surface area contributed by atoms with Gasteiger partial charge in [-0.05, 0) is 127 Å². The first-order valence-corrected chi connectivity index (χ1v) is 17.8. The number of imidazole rings is 2. The third-order valence-electron chi connectivity index (χ3n) is 11.7. The lowest BCUT2D eigenvalue weighted by Crippen LogP contribution is -2.14. The van der Waals surface area contributed by atoms with Crippen molar-refractivity contribution in [1.82, 2.24) is 19.1 Å². The average molecular weight is 659 g/mol. The molecule has 0 aliphatic heterocycles. The summed E-state index contributed by atoms with van der Waals surface area (Å²) in [4.78, 5) is 9.58. The van der Waals surface area contributed by atoms with Crippen LogP contribution in [0.1, 0.15) is 36.6 Å². The Kier molecular flexibility index (Phi) is 6.15. The molecule has 0 fully saturated rings. The van der Waals surface area contributed by atoms with Crippen LogP contribution < -0.4 is 0 Å². The third kappa shape index (κ3) is 4.20. The highest BCUT2D eigenvalue weighted by atomic mass is 15.1. The topological polar surface area (TPSA) is 35.6 Å². The SMILES string of the molecule is Cc1nc2ccc(-c3cccc4c(-c5ccc6c(c5)-c5ccccc5C6(C)C)c5cccc(-c6ccc7nc(C)n(C)c7c6)c5cc34)cc2n1C. The second-order valence-corrected chi connectivity index (χ2v) is 14.8. The lowest BCUT2D eigenvalue weighted by atomic mass is 9.81. The summed E-state index contributed by atoms with van der Waals surface area (Å²) in [6.45, 7) is 8.84. The van der Waals surface area contributed by atoms with Crippen LogP contribution in [0.4, 0.5) is 0 Å². The molecule has 7 aromatic carbocycles. The molecule has 0 atom stereocenters. The van der Waals surface area contributed by atoms with Gasteiger partial charge < -0.3 is 9.13 Å². The van der Waals surface area contributed by atoms with E-state index in [1.54, 1.807) is 0 Å². The Morgan fingerprint density at radius 2 is 0.961 bits per heavy atom. The van der Waals surface area contributed by atoms with Crippen LogP contribution >= 0.6 is 0 Å². The molecular weight excluding hydrogens is 621 g/mol. The summed E-state index contributed by atoms with van der Waals surface area (Å²) in [5.74, 6) is 2.03. The number of rotatable bonds is 3. The average Bonchev–Trinajstić information content (AvgIpc) is 3.69. The normalized spacial score (nSPS) is 13.5. The number of hydrogen-bond donors (Lipinski definition) is 0. The molecule has 0 N–H and O–H groups in total. The molecule has 51 heavy (non-hydrogen) atoms.